The van der Waals surface area contributed by atoms with E-state index in [1.807, 2.05) is 0 Å². The summed E-state index contributed by atoms with van der Waals surface area (Å²) in [5, 5.41) is 9.17. The molecule has 1 rings (SSSR count). The van der Waals surface area contributed by atoms with E-state index in [2.05, 4.69) is 0 Å². The fourth-order valence-electron chi connectivity index (χ4n) is 1.72. The van der Waals surface area contributed by atoms with Crippen molar-refractivity contribution in [3.63, 3.8) is 0 Å². The Balaban J connectivity index is 2.53. The highest BCUT2D eigenvalue weighted by molar-refractivity contribution is 4.85. The quantitative estimate of drug-likeness (QED) is 0.651. The van der Waals surface area contributed by atoms with E-state index in [9.17, 15) is 8.78 Å². The zero-order valence-corrected chi connectivity index (χ0v) is 7.50. The van der Waals surface area contributed by atoms with Crippen molar-refractivity contribution < 1.29 is 13.9 Å². The molecule has 0 spiro atoms. The second-order valence-electron chi connectivity index (χ2n) is 3.86. The maximum Gasteiger partial charge on any atom is 0.106 e. The summed E-state index contributed by atoms with van der Waals surface area (Å²) in [5.41, 5.74) is 0. The third kappa shape index (κ3) is 1.94. The summed E-state index contributed by atoms with van der Waals surface area (Å²) < 4.78 is 26.2. The van der Waals surface area contributed by atoms with Crippen LogP contribution in [0.5, 0.6) is 0 Å². The third-order valence-corrected chi connectivity index (χ3v) is 2.88. The Morgan fingerprint density at radius 3 is 2.00 bits per heavy atom. The van der Waals surface area contributed by atoms with Crippen LogP contribution < -0.4 is 0 Å². The summed E-state index contributed by atoms with van der Waals surface area (Å²) >= 11 is 0. The smallest absolute Gasteiger partial charge is 0.106 e. The number of halogens is 2. The Labute approximate surface area is 71.8 Å². The van der Waals surface area contributed by atoms with Gasteiger partial charge in [-0.3, -0.25) is 0 Å². The molecule has 0 bridgehead atoms. The van der Waals surface area contributed by atoms with E-state index in [1.165, 1.54) is 0 Å². The van der Waals surface area contributed by atoms with Crippen LogP contribution in [0.4, 0.5) is 8.78 Å². The molecule has 0 saturated heterocycles. The van der Waals surface area contributed by atoms with Gasteiger partial charge in [0, 0.05) is 5.92 Å². The maximum absolute atomic E-state index is 13.1. The number of aliphatic hydroxyl groups excluding tert-OH is 1. The van der Waals surface area contributed by atoms with Crippen LogP contribution >= 0.6 is 0 Å². The van der Waals surface area contributed by atoms with E-state index < -0.39 is 24.4 Å². The molecule has 0 heterocycles. The van der Waals surface area contributed by atoms with Crippen molar-refractivity contribution in [3.8, 4) is 0 Å². The fourth-order valence-corrected chi connectivity index (χ4v) is 1.72. The molecular weight excluding hydrogens is 162 g/mol. The first-order valence-electron chi connectivity index (χ1n) is 4.48. The van der Waals surface area contributed by atoms with Gasteiger partial charge in [-0.1, -0.05) is 6.92 Å². The molecule has 0 aliphatic heterocycles. The first kappa shape index (κ1) is 9.90. The molecule has 1 aliphatic carbocycles. The standard InChI is InChI=1S/C9H16F2O/c1-5-8(10)3-7(6(2)12)4-9(5)11/h5-9,12H,3-4H2,1-2H3. The summed E-state index contributed by atoms with van der Waals surface area (Å²) in [7, 11) is 0. The van der Waals surface area contributed by atoms with Gasteiger partial charge in [-0.2, -0.15) is 0 Å². The lowest BCUT2D eigenvalue weighted by Crippen LogP contribution is -2.37. The molecule has 0 radical (unpaired) electrons. The normalized spacial score (nSPS) is 45.8. The van der Waals surface area contributed by atoms with Gasteiger partial charge in [-0.05, 0) is 25.7 Å². The molecule has 12 heavy (non-hydrogen) atoms. The fraction of sp³-hybridized carbons (Fsp3) is 1.00. The monoisotopic (exact) mass is 178 g/mol. The minimum atomic E-state index is -1.09. The highest BCUT2D eigenvalue weighted by atomic mass is 19.1. The predicted octanol–water partition coefficient (Wildman–Crippen LogP) is 2.09. The van der Waals surface area contributed by atoms with E-state index in [1.54, 1.807) is 13.8 Å². The van der Waals surface area contributed by atoms with Crippen molar-refractivity contribution >= 4 is 0 Å². The maximum atomic E-state index is 13.1. The zero-order valence-electron chi connectivity index (χ0n) is 7.50. The predicted molar refractivity (Wildman–Crippen MR) is 43.4 cm³/mol. The molecular formula is C9H16F2O. The van der Waals surface area contributed by atoms with Gasteiger partial charge in [0.05, 0.1) is 6.10 Å². The summed E-state index contributed by atoms with van der Waals surface area (Å²) in [6, 6.07) is 0. The largest absolute Gasteiger partial charge is 0.393 e. The van der Waals surface area contributed by atoms with Crippen LogP contribution in [0.2, 0.25) is 0 Å². The first-order valence-corrected chi connectivity index (χ1v) is 4.48. The van der Waals surface area contributed by atoms with E-state index >= 15 is 0 Å². The Morgan fingerprint density at radius 1 is 1.25 bits per heavy atom. The van der Waals surface area contributed by atoms with Gasteiger partial charge in [-0.25, -0.2) is 8.78 Å². The molecule has 3 heteroatoms. The molecule has 1 N–H and O–H groups in total. The first-order chi connectivity index (χ1) is 5.52. The Kier molecular flexibility index (Phi) is 3.04. The third-order valence-electron chi connectivity index (χ3n) is 2.88. The van der Waals surface area contributed by atoms with Gasteiger partial charge in [0.1, 0.15) is 12.3 Å². The Bertz CT molecular complexity index is 137. The van der Waals surface area contributed by atoms with Gasteiger partial charge < -0.3 is 5.11 Å². The number of alkyl halides is 2. The second kappa shape index (κ2) is 3.69. The van der Waals surface area contributed by atoms with E-state index in [4.69, 9.17) is 5.11 Å². The summed E-state index contributed by atoms with van der Waals surface area (Å²) in [6.07, 6.45) is -2.16. The van der Waals surface area contributed by atoms with Gasteiger partial charge in [0.15, 0.2) is 0 Å². The highest BCUT2D eigenvalue weighted by Gasteiger charge is 2.36. The topological polar surface area (TPSA) is 20.2 Å². The minimum Gasteiger partial charge on any atom is -0.393 e. The second-order valence-corrected chi connectivity index (χ2v) is 3.86. The molecule has 3 unspecified atom stereocenters. The van der Waals surface area contributed by atoms with Crippen molar-refractivity contribution in [1.29, 1.82) is 0 Å². The van der Waals surface area contributed by atoms with Crippen molar-refractivity contribution in [2.45, 2.75) is 45.1 Å². The molecule has 72 valence electrons. The molecule has 3 atom stereocenters. The Morgan fingerprint density at radius 2 is 1.67 bits per heavy atom. The minimum absolute atomic E-state index is 0.203. The lowest BCUT2D eigenvalue weighted by atomic mass is 9.78. The SMILES string of the molecule is CC(O)C1CC(F)C(C)C(F)C1. The summed E-state index contributed by atoms with van der Waals surface area (Å²) in [6.45, 7) is 3.19. The van der Waals surface area contributed by atoms with Crippen LogP contribution in [0.15, 0.2) is 0 Å². The molecule has 1 fully saturated rings. The van der Waals surface area contributed by atoms with E-state index in [-0.39, 0.29) is 5.92 Å². The van der Waals surface area contributed by atoms with Gasteiger partial charge in [0.2, 0.25) is 0 Å². The summed E-state index contributed by atoms with van der Waals surface area (Å²) in [5.74, 6) is -0.703. The van der Waals surface area contributed by atoms with Crippen molar-refractivity contribution in [2.75, 3.05) is 0 Å². The number of rotatable bonds is 1. The lowest BCUT2D eigenvalue weighted by Gasteiger charge is -2.33. The van der Waals surface area contributed by atoms with Crippen LogP contribution in [0.25, 0.3) is 0 Å². The van der Waals surface area contributed by atoms with Crippen LogP contribution in [0.3, 0.4) is 0 Å². The van der Waals surface area contributed by atoms with Crippen molar-refractivity contribution in [1.82, 2.24) is 0 Å². The van der Waals surface area contributed by atoms with Gasteiger partial charge >= 0.3 is 0 Å². The highest BCUT2D eigenvalue weighted by Crippen LogP contribution is 2.34. The van der Waals surface area contributed by atoms with Crippen LogP contribution in [0, 0.1) is 11.8 Å². The average Bonchev–Trinajstić information content (AvgIpc) is 1.99. The molecule has 1 saturated carbocycles. The molecule has 0 aromatic rings. The molecule has 0 aromatic carbocycles. The van der Waals surface area contributed by atoms with Crippen LogP contribution in [0.1, 0.15) is 26.7 Å². The number of aliphatic hydroxyl groups is 1. The van der Waals surface area contributed by atoms with E-state index in [0.29, 0.717) is 12.8 Å². The van der Waals surface area contributed by atoms with E-state index in [0.717, 1.165) is 0 Å². The van der Waals surface area contributed by atoms with Crippen LogP contribution in [-0.2, 0) is 0 Å². The van der Waals surface area contributed by atoms with Crippen molar-refractivity contribution in [2.24, 2.45) is 11.8 Å². The number of hydrogen-bond acceptors (Lipinski definition) is 1. The zero-order chi connectivity index (χ0) is 9.30. The van der Waals surface area contributed by atoms with Crippen LogP contribution in [-0.4, -0.2) is 23.6 Å². The Hall–Kier alpha value is -0.180. The lowest BCUT2D eigenvalue weighted by molar-refractivity contribution is 0.00384. The van der Waals surface area contributed by atoms with Gasteiger partial charge in [-0.15, -0.1) is 0 Å². The molecule has 0 aromatic heterocycles. The molecule has 1 nitrogen and oxygen atoms in total. The molecule has 0 amide bonds. The average molecular weight is 178 g/mol. The number of hydrogen-bond donors (Lipinski definition) is 1. The van der Waals surface area contributed by atoms with Gasteiger partial charge in [0.25, 0.3) is 0 Å². The summed E-state index contributed by atoms with van der Waals surface area (Å²) in [4.78, 5) is 0. The van der Waals surface area contributed by atoms with Crippen molar-refractivity contribution in [3.05, 3.63) is 0 Å². The molecule has 1 aliphatic rings.